The molecule has 0 bridgehead atoms. The van der Waals surface area contributed by atoms with Gasteiger partial charge in [-0.3, -0.25) is 4.79 Å². The molecule has 0 spiro atoms. The number of carbonyl (C=O) groups is 1. The number of carbonyl (C=O) groups excluding carboxylic acids is 1. The fourth-order valence-electron chi connectivity index (χ4n) is 3.13. The molecule has 1 aromatic carbocycles. The van der Waals surface area contributed by atoms with Crippen LogP contribution in [0.15, 0.2) is 24.3 Å². The van der Waals surface area contributed by atoms with Crippen LogP contribution in [0.3, 0.4) is 0 Å². The summed E-state index contributed by atoms with van der Waals surface area (Å²) in [5.74, 6) is 0.569. The molecule has 3 rings (SSSR count). The van der Waals surface area contributed by atoms with Crippen LogP contribution in [0.2, 0.25) is 5.02 Å². The Morgan fingerprint density at radius 2 is 2.05 bits per heavy atom. The molecule has 1 heterocycles. The average Bonchev–Trinajstić information content (AvgIpc) is 3.29. The van der Waals surface area contributed by atoms with E-state index in [-0.39, 0.29) is 23.9 Å². The van der Waals surface area contributed by atoms with E-state index >= 15 is 0 Å². The van der Waals surface area contributed by atoms with Gasteiger partial charge in [0.15, 0.2) is 0 Å². The van der Waals surface area contributed by atoms with Gasteiger partial charge in [0.25, 0.3) is 0 Å². The molecule has 3 nitrogen and oxygen atoms in total. The molecule has 0 unspecified atom stereocenters. The van der Waals surface area contributed by atoms with Crippen molar-refractivity contribution in [3.8, 4) is 0 Å². The van der Waals surface area contributed by atoms with Gasteiger partial charge in [0.05, 0.1) is 5.92 Å². The van der Waals surface area contributed by atoms with Gasteiger partial charge in [-0.1, -0.05) is 29.8 Å². The maximum absolute atomic E-state index is 12.3. The number of hydrogen-bond donors (Lipinski definition) is 0. The Kier molecular flexibility index (Phi) is 4.51. The fraction of sp³-hybridized carbons (Fsp3) is 0.588. The molecule has 0 aromatic heterocycles. The first kappa shape index (κ1) is 14.9. The van der Waals surface area contributed by atoms with Crippen molar-refractivity contribution < 1.29 is 14.3 Å². The summed E-state index contributed by atoms with van der Waals surface area (Å²) < 4.78 is 11.0. The largest absolute Gasteiger partial charge is 0.462 e. The summed E-state index contributed by atoms with van der Waals surface area (Å²) in [5, 5.41) is 0.746. The third-order valence-electron chi connectivity index (χ3n) is 4.63. The Morgan fingerprint density at radius 3 is 2.76 bits per heavy atom. The van der Waals surface area contributed by atoms with Crippen LogP contribution in [-0.2, 0) is 14.3 Å². The normalized spacial score (nSPS) is 27.1. The molecular weight excluding hydrogens is 288 g/mol. The van der Waals surface area contributed by atoms with Gasteiger partial charge in [0.2, 0.25) is 0 Å². The van der Waals surface area contributed by atoms with Crippen molar-refractivity contribution in [2.24, 2.45) is 11.8 Å². The first-order chi connectivity index (χ1) is 10.2. The summed E-state index contributed by atoms with van der Waals surface area (Å²) in [6.07, 6.45) is 2.79. The second kappa shape index (κ2) is 6.37. The second-order valence-corrected chi connectivity index (χ2v) is 6.47. The lowest BCUT2D eigenvalue weighted by atomic mass is 9.95. The van der Waals surface area contributed by atoms with Crippen LogP contribution >= 0.6 is 11.6 Å². The number of rotatable bonds is 4. The monoisotopic (exact) mass is 308 g/mol. The van der Waals surface area contributed by atoms with Crippen LogP contribution in [0.25, 0.3) is 0 Å². The zero-order valence-electron chi connectivity index (χ0n) is 12.3. The summed E-state index contributed by atoms with van der Waals surface area (Å²) in [5.41, 5.74) is 1.07. The molecule has 2 fully saturated rings. The van der Waals surface area contributed by atoms with Gasteiger partial charge in [-0.15, -0.1) is 0 Å². The molecule has 1 saturated carbocycles. The van der Waals surface area contributed by atoms with Crippen LogP contribution in [0.5, 0.6) is 0 Å². The van der Waals surface area contributed by atoms with Gasteiger partial charge >= 0.3 is 5.97 Å². The predicted molar refractivity (Wildman–Crippen MR) is 81.4 cm³/mol. The highest BCUT2D eigenvalue weighted by molar-refractivity contribution is 6.31. The van der Waals surface area contributed by atoms with E-state index < -0.39 is 0 Å². The van der Waals surface area contributed by atoms with Gasteiger partial charge < -0.3 is 9.47 Å². The Labute approximate surface area is 130 Å². The fourth-order valence-corrected chi connectivity index (χ4v) is 3.40. The molecule has 3 atom stereocenters. The van der Waals surface area contributed by atoms with Crippen molar-refractivity contribution in [1.29, 1.82) is 0 Å². The van der Waals surface area contributed by atoms with Crippen LogP contribution in [0.4, 0.5) is 0 Å². The number of esters is 1. The van der Waals surface area contributed by atoms with Crippen LogP contribution in [0, 0.1) is 11.8 Å². The Bertz CT molecular complexity index is 511. The summed E-state index contributed by atoms with van der Waals surface area (Å²) in [6, 6.07) is 7.76. The maximum atomic E-state index is 12.3. The molecule has 2 aliphatic rings. The molecule has 1 aliphatic carbocycles. The minimum Gasteiger partial charge on any atom is -0.462 e. The molecule has 0 N–H and O–H groups in total. The van der Waals surface area contributed by atoms with E-state index in [2.05, 4.69) is 0 Å². The highest BCUT2D eigenvalue weighted by atomic mass is 35.5. The van der Waals surface area contributed by atoms with Gasteiger partial charge in [0, 0.05) is 24.2 Å². The first-order valence-corrected chi connectivity index (χ1v) is 8.07. The van der Waals surface area contributed by atoms with E-state index in [1.807, 2.05) is 31.2 Å². The quantitative estimate of drug-likeness (QED) is 0.794. The molecule has 114 valence electrons. The van der Waals surface area contributed by atoms with Gasteiger partial charge in [-0.25, -0.2) is 0 Å². The molecule has 4 heteroatoms. The smallest absolute Gasteiger partial charge is 0.309 e. The summed E-state index contributed by atoms with van der Waals surface area (Å²) >= 11 is 6.19. The van der Waals surface area contributed by atoms with Crippen LogP contribution in [-0.4, -0.2) is 25.3 Å². The number of ether oxygens (including phenoxy) is 2. The zero-order chi connectivity index (χ0) is 14.8. The summed E-state index contributed by atoms with van der Waals surface area (Å²) in [7, 11) is 0. The molecule has 1 aliphatic heterocycles. The first-order valence-electron chi connectivity index (χ1n) is 7.69. The van der Waals surface area contributed by atoms with E-state index in [1.54, 1.807) is 0 Å². The molecule has 1 saturated heterocycles. The third kappa shape index (κ3) is 3.41. The summed E-state index contributed by atoms with van der Waals surface area (Å²) in [4.78, 5) is 12.3. The number of benzene rings is 1. The van der Waals surface area contributed by atoms with Gasteiger partial charge in [-0.2, -0.15) is 0 Å². The average molecular weight is 309 g/mol. The van der Waals surface area contributed by atoms with Crippen molar-refractivity contribution in [3.05, 3.63) is 34.9 Å². The molecule has 1 aromatic rings. The Hall–Kier alpha value is -1.06. The Balaban J connectivity index is 1.54. The van der Waals surface area contributed by atoms with E-state index in [0.29, 0.717) is 5.92 Å². The highest BCUT2D eigenvalue weighted by Gasteiger charge is 2.46. The highest BCUT2D eigenvalue weighted by Crippen LogP contribution is 2.50. The maximum Gasteiger partial charge on any atom is 0.309 e. The summed E-state index contributed by atoms with van der Waals surface area (Å²) in [6.45, 7) is 3.55. The van der Waals surface area contributed by atoms with Crippen LogP contribution in [0.1, 0.15) is 37.7 Å². The lowest BCUT2D eigenvalue weighted by molar-refractivity contribution is -0.154. The van der Waals surface area contributed by atoms with E-state index in [1.165, 1.54) is 0 Å². The molecule has 0 amide bonds. The lowest BCUT2D eigenvalue weighted by Gasteiger charge is -2.27. The zero-order valence-corrected chi connectivity index (χ0v) is 13.0. The van der Waals surface area contributed by atoms with Crippen molar-refractivity contribution in [2.45, 2.75) is 38.2 Å². The van der Waals surface area contributed by atoms with E-state index in [4.69, 9.17) is 21.1 Å². The van der Waals surface area contributed by atoms with E-state index in [9.17, 15) is 4.79 Å². The van der Waals surface area contributed by atoms with Gasteiger partial charge in [0.1, 0.15) is 6.10 Å². The molecular formula is C17H21ClO3. The minimum atomic E-state index is -0.0705. The SMILES string of the molecule is C[C@H](OC(=O)[C@@H]1C[C@@H]1c1ccccc1Cl)C1CCOCC1. The number of halogens is 1. The molecule has 21 heavy (non-hydrogen) atoms. The third-order valence-corrected chi connectivity index (χ3v) is 4.97. The van der Waals surface area contributed by atoms with Crippen molar-refractivity contribution in [3.63, 3.8) is 0 Å². The topological polar surface area (TPSA) is 35.5 Å². The van der Waals surface area contributed by atoms with Gasteiger partial charge in [-0.05, 0) is 43.7 Å². The predicted octanol–water partition coefficient (Wildman–Crippen LogP) is 3.80. The lowest BCUT2D eigenvalue weighted by Crippen LogP contribution is -2.29. The van der Waals surface area contributed by atoms with Crippen molar-refractivity contribution in [1.82, 2.24) is 0 Å². The number of hydrogen-bond acceptors (Lipinski definition) is 3. The van der Waals surface area contributed by atoms with Crippen LogP contribution < -0.4 is 0 Å². The van der Waals surface area contributed by atoms with Crippen molar-refractivity contribution in [2.75, 3.05) is 13.2 Å². The minimum absolute atomic E-state index is 0.0195. The van der Waals surface area contributed by atoms with E-state index in [0.717, 1.165) is 43.1 Å². The molecule has 0 radical (unpaired) electrons. The van der Waals surface area contributed by atoms with Crippen molar-refractivity contribution >= 4 is 17.6 Å². The Morgan fingerprint density at radius 1 is 1.33 bits per heavy atom. The second-order valence-electron chi connectivity index (χ2n) is 6.06. The standard InChI is InChI=1S/C17H21ClO3/c1-11(12-6-8-20-9-7-12)21-17(19)15-10-14(15)13-4-2-3-5-16(13)18/h2-5,11-12,14-15H,6-10H2,1H3/t11-,14+,15+/m0/s1.